The molecule has 0 spiro atoms. The van der Waals surface area contributed by atoms with E-state index in [9.17, 15) is 14.0 Å². The molecule has 0 saturated heterocycles. The molecule has 5 nitrogen and oxygen atoms in total. The molecular weight excluding hydrogens is 275 g/mol. The van der Waals surface area contributed by atoms with Crippen LogP contribution in [0.4, 0.5) is 10.1 Å². The van der Waals surface area contributed by atoms with Crippen LogP contribution in [0.5, 0.6) is 0 Å². The summed E-state index contributed by atoms with van der Waals surface area (Å²) in [5.41, 5.74) is 5.89. The molecule has 0 saturated carbocycles. The van der Waals surface area contributed by atoms with Crippen molar-refractivity contribution >= 4 is 17.6 Å². The fraction of sp³-hybridized carbons (Fsp3) is 0.467. The number of hydrogen-bond donors (Lipinski definition) is 3. The molecule has 1 rings (SSSR count). The first-order chi connectivity index (χ1) is 9.79. The van der Waals surface area contributed by atoms with Crippen molar-refractivity contribution in [2.75, 3.05) is 12.3 Å². The van der Waals surface area contributed by atoms with Crippen molar-refractivity contribution in [3.63, 3.8) is 0 Å². The monoisotopic (exact) mass is 296 g/mol. The van der Waals surface area contributed by atoms with Crippen molar-refractivity contribution in [3.05, 3.63) is 29.6 Å². The van der Waals surface area contributed by atoms with E-state index in [1.54, 1.807) is 0 Å². The molecule has 4 N–H and O–H groups in total. The Kier molecular flexibility index (Phi) is 6.14. The van der Waals surface area contributed by atoms with Crippen molar-refractivity contribution in [1.29, 1.82) is 0 Å². The van der Waals surface area contributed by atoms with Gasteiger partial charge in [0, 0.05) is 18.7 Å². The fourth-order valence-electron chi connectivity index (χ4n) is 2.21. The topological polar surface area (TPSA) is 92.4 Å². The molecule has 6 heteroatoms. The van der Waals surface area contributed by atoms with E-state index < -0.39 is 17.7 Å². The quantitative estimate of drug-likeness (QED) is 0.673. The van der Waals surface area contributed by atoms with Crippen molar-refractivity contribution < 1.29 is 19.1 Å². The number of carbonyl (C=O) groups is 2. The first kappa shape index (κ1) is 16.9. The average Bonchev–Trinajstić information content (AvgIpc) is 2.37. The highest BCUT2D eigenvalue weighted by Crippen LogP contribution is 2.16. The van der Waals surface area contributed by atoms with Gasteiger partial charge in [0.2, 0.25) is 0 Å². The summed E-state index contributed by atoms with van der Waals surface area (Å²) in [7, 11) is 0. The van der Waals surface area contributed by atoms with Crippen LogP contribution in [0.2, 0.25) is 0 Å². The minimum absolute atomic E-state index is 0.0168. The number of anilines is 1. The summed E-state index contributed by atoms with van der Waals surface area (Å²) in [6.45, 7) is 4.20. The number of benzene rings is 1. The van der Waals surface area contributed by atoms with Crippen LogP contribution in [0.15, 0.2) is 18.2 Å². The second-order valence-corrected chi connectivity index (χ2v) is 5.54. The van der Waals surface area contributed by atoms with Crippen LogP contribution < -0.4 is 11.1 Å². The second-order valence-electron chi connectivity index (χ2n) is 5.54. The Morgan fingerprint density at radius 3 is 2.62 bits per heavy atom. The van der Waals surface area contributed by atoms with Crippen molar-refractivity contribution in [1.82, 2.24) is 5.32 Å². The molecule has 116 valence electrons. The van der Waals surface area contributed by atoms with Crippen LogP contribution in [0.1, 0.15) is 37.0 Å². The fourth-order valence-corrected chi connectivity index (χ4v) is 2.21. The third-order valence-electron chi connectivity index (χ3n) is 3.08. The van der Waals surface area contributed by atoms with Crippen molar-refractivity contribution in [2.24, 2.45) is 11.8 Å². The Morgan fingerprint density at radius 1 is 1.38 bits per heavy atom. The molecule has 1 atom stereocenters. The van der Waals surface area contributed by atoms with Gasteiger partial charge in [-0.1, -0.05) is 13.8 Å². The van der Waals surface area contributed by atoms with Gasteiger partial charge in [0.1, 0.15) is 5.82 Å². The van der Waals surface area contributed by atoms with Gasteiger partial charge in [0.15, 0.2) is 0 Å². The second kappa shape index (κ2) is 7.61. The summed E-state index contributed by atoms with van der Waals surface area (Å²) in [4.78, 5) is 22.8. The van der Waals surface area contributed by atoms with Gasteiger partial charge in [-0.25, -0.2) is 4.39 Å². The molecular formula is C15H21FN2O3. The van der Waals surface area contributed by atoms with E-state index in [0.717, 1.165) is 6.07 Å². The number of hydrogen-bond acceptors (Lipinski definition) is 3. The summed E-state index contributed by atoms with van der Waals surface area (Å²) >= 11 is 0. The number of carboxylic acids is 1. The largest absolute Gasteiger partial charge is 0.481 e. The van der Waals surface area contributed by atoms with Gasteiger partial charge in [-0.2, -0.15) is 0 Å². The number of carbonyl (C=O) groups excluding carboxylic acids is 1. The van der Waals surface area contributed by atoms with Crippen LogP contribution in [0.3, 0.4) is 0 Å². The summed E-state index contributed by atoms with van der Waals surface area (Å²) in [5.74, 6) is -1.78. The predicted octanol–water partition coefficient (Wildman–Crippen LogP) is 2.27. The SMILES string of the molecule is CC(C)CC(CNC(=O)c1cc(F)ccc1N)CC(=O)O. The highest BCUT2D eigenvalue weighted by molar-refractivity contribution is 5.99. The smallest absolute Gasteiger partial charge is 0.303 e. The molecule has 1 aromatic carbocycles. The maximum Gasteiger partial charge on any atom is 0.303 e. The Labute approximate surface area is 123 Å². The normalized spacial score (nSPS) is 12.2. The van der Waals surface area contributed by atoms with Crippen LogP contribution in [-0.4, -0.2) is 23.5 Å². The van der Waals surface area contributed by atoms with E-state index >= 15 is 0 Å². The number of carboxylic acid groups (broad SMARTS) is 1. The summed E-state index contributed by atoms with van der Waals surface area (Å²) in [6, 6.07) is 3.57. The van der Waals surface area contributed by atoms with Crippen LogP contribution in [0.25, 0.3) is 0 Å². The molecule has 0 bridgehead atoms. The zero-order chi connectivity index (χ0) is 16.0. The van der Waals surface area contributed by atoms with E-state index in [1.807, 2.05) is 13.8 Å². The Balaban J connectivity index is 2.68. The molecule has 1 amide bonds. The van der Waals surface area contributed by atoms with E-state index in [2.05, 4.69) is 5.32 Å². The molecule has 0 fully saturated rings. The number of rotatable bonds is 7. The van der Waals surface area contributed by atoms with Gasteiger partial charge in [-0.15, -0.1) is 0 Å². The lowest BCUT2D eigenvalue weighted by molar-refractivity contribution is -0.138. The minimum atomic E-state index is -0.903. The first-order valence-electron chi connectivity index (χ1n) is 6.84. The molecule has 0 aliphatic rings. The molecule has 1 unspecified atom stereocenters. The molecule has 0 aliphatic heterocycles. The molecule has 0 heterocycles. The van der Waals surface area contributed by atoms with Gasteiger partial charge >= 0.3 is 5.97 Å². The lowest BCUT2D eigenvalue weighted by atomic mass is 9.94. The standard InChI is InChI=1S/C15H21FN2O3/c1-9(2)5-10(6-14(19)20)8-18-15(21)12-7-11(16)3-4-13(12)17/h3-4,7,9-10H,5-6,8,17H2,1-2H3,(H,18,21)(H,19,20). The zero-order valence-electron chi connectivity index (χ0n) is 12.2. The number of nitrogens with two attached hydrogens (primary N) is 1. The first-order valence-corrected chi connectivity index (χ1v) is 6.84. The third kappa shape index (κ3) is 5.81. The lowest BCUT2D eigenvalue weighted by Gasteiger charge is -2.18. The highest BCUT2D eigenvalue weighted by Gasteiger charge is 2.17. The van der Waals surface area contributed by atoms with Gasteiger partial charge in [-0.05, 0) is 36.5 Å². The number of amides is 1. The Bertz CT molecular complexity index is 518. The molecule has 0 aliphatic carbocycles. The van der Waals surface area contributed by atoms with Crippen LogP contribution in [0, 0.1) is 17.7 Å². The maximum atomic E-state index is 13.1. The number of aliphatic carboxylic acids is 1. The van der Waals surface area contributed by atoms with Crippen molar-refractivity contribution in [2.45, 2.75) is 26.7 Å². The number of halogens is 1. The predicted molar refractivity (Wildman–Crippen MR) is 78.3 cm³/mol. The van der Waals surface area contributed by atoms with Crippen LogP contribution in [-0.2, 0) is 4.79 Å². The van der Waals surface area contributed by atoms with E-state index in [-0.39, 0.29) is 30.1 Å². The summed E-state index contributed by atoms with van der Waals surface area (Å²) in [6.07, 6.45) is 0.669. The highest BCUT2D eigenvalue weighted by atomic mass is 19.1. The zero-order valence-corrected chi connectivity index (χ0v) is 12.2. The van der Waals surface area contributed by atoms with E-state index in [4.69, 9.17) is 10.8 Å². The van der Waals surface area contributed by atoms with Crippen LogP contribution >= 0.6 is 0 Å². The lowest BCUT2D eigenvalue weighted by Crippen LogP contribution is -2.31. The molecule has 1 aromatic rings. The van der Waals surface area contributed by atoms with E-state index in [0.29, 0.717) is 12.3 Å². The third-order valence-corrected chi connectivity index (χ3v) is 3.08. The molecule has 21 heavy (non-hydrogen) atoms. The van der Waals surface area contributed by atoms with Gasteiger partial charge < -0.3 is 16.2 Å². The molecule has 0 aromatic heterocycles. The number of nitrogen functional groups attached to an aromatic ring is 1. The number of nitrogens with one attached hydrogen (secondary N) is 1. The van der Waals surface area contributed by atoms with Gasteiger partial charge in [0.25, 0.3) is 5.91 Å². The average molecular weight is 296 g/mol. The summed E-state index contributed by atoms with van der Waals surface area (Å²) in [5, 5.41) is 11.5. The Morgan fingerprint density at radius 2 is 2.05 bits per heavy atom. The van der Waals surface area contributed by atoms with Gasteiger partial charge in [-0.3, -0.25) is 9.59 Å². The Hall–Kier alpha value is -2.11. The minimum Gasteiger partial charge on any atom is -0.481 e. The van der Waals surface area contributed by atoms with Gasteiger partial charge in [0.05, 0.1) is 5.56 Å². The molecule has 0 radical (unpaired) electrons. The van der Waals surface area contributed by atoms with E-state index in [1.165, 1.54) is 12.1 Å². The van der Waals surface area contributed by atoms with Crippen molar-refractivity contribution in [3.8, 4) is 0 Å². The maximum absolute atomic E-state index is 13.1. The summed E-state index contributed by atoms with van der Waals surface area (Å²) < 4.78 is 13.1.